The molecule has 0 aliphatic heterocycles. The van der Waals surface area contributed by atoms with Crippen LogP contribution in [0.4, 0.5) is 10.1 Å². The monoisotopic (exact) mass is 313 g/mol. The van der Waals surface area contributed by atoms with E-state index in [1.807, 2.05) is 25.1 Å². The number of fused-ring (bicyclic) bond motifs is 1. The summed E-state index contributed by atoms with van der Waals surface area (Å²) in [6.45, 7) is 2.22. The number of aryl methyl sites for hydroxylation is 1. The predicted molar refractivity (Wildman–Crippen MR) is 86.9 cm³/mol. The minimum Gasteiger partial charge on any atom is -0.322 e. The van der Waals surface area contributed by atoms with Gasteiger partial charge in [0.15, 0.2) is 0 Å². The largest absolute Gasteiger partial charge is 0.329 e. The fourth-order valence-corrected chi connectivity index (χ4v) is 2.63. The Morgan fingerprint density at radius 1 is 1.04 bits per heavy atom. The molecule has 0 saturated heterocycles. The van der Waals surface area contributed by atoms with E-state index in [1.165, 1.54) is 16.7 Å². The second-order valence-corrected chi connectivity index (χ2v) is 5.13. The van der Waals surface area contributed by atoms with E-state index in [0.29, 0.717) is 12.1 Å². The molecule has 0 bridgehead atoms. The normalized spacial score (nSPS) is 10.9. The smallest absolute Gasteiger partial charge is 0.322 e. The molecule has 0 aliphatic rings. The first-order chi connectivity index (χ1) is 11.1. The number of amides is 1. The number of carbonyl (C=O) groups excluding carboxylic acids is 1. The van der Waals surface area contributed by atoms with E-state index in [-0.39, 0.29) is 17.9 Å². The standard InChI is InChI=1S/C17H16FN3O2/c1-2-20-14-9-5-6-10-15(14)21(17(20)23)11-16(22)19-13-8-4-3-7-12(13)18/h3-10H,2,11H2,1H3,(H,19,22). The molecule has 0 saturated carbocycles. The quantitative estimate of drug-likeness (QED) is 0.805. The number of nitrogens with one attached hydrogen (secondary N) is 1. The van der Waals surface area contributed by atoms with Crippen LogP contribution < -0.4 is 11.0 Å². The van der Waals surface area contributed by atoms with Crippen LogP contribution >= 0.6 is 0 Å². The molecule has 0 fully saturated rings. The summed E-state index contributed by atoms with van der Waals surface area (Å²) in [4.78, 5) is 24.6. The third-order valence-electron chi connectivity index (χ3n) is 3.69. The summed E-state index contributed by atoms with van der Waals surface area (Å²) in [5, 5.41) is 2.49. The lowest BCUT2D eigenvalue weighted by Crippen LogP contribution is -2.29. The number of aromatic nitrogens is 2. The number of benzene rings is 2. The highest BCUT2D eigenvalue weighted by atomic mass is 19.1. The summed E-state index contributed by atoms with van der Waals surface area (Å²) < 4.78 is 16.6. The zero-order valence-electron chi connectivity index (χ0n) is 12.6. The van der Waals surface area contributed by atoms with Crippen LogP contribution in [-0.2, 0) is 17.9 Å². The number of anilines is 1. The zero-order chi connectivity index (χ0) is 16.4. The summed E-state index contributed by atoms with van der Waals surface area (Å²) in [5.41, 5.74) is 1.31. The molecule has 1 amide bonds. The van der Waals surface area contributed by atoms with Gasteiger partial charge in [-0.05, 0) is 31.2 Å². The molecule has 5 nitrogen and oxygen atoms in total. The molecule has 6 heteroatoms. The molecule has 1 N–H and O–H groups in total. The van der Waals surface area contributed by atoms with Gasteiger partial charge in [0.1, 0.15) is 12.4 Å². The summed E-state index contributed by atoms with van der Waals surface area (Å²) in [6.07, 6.45) is 0. The Bertz CT molecular complexity index is 927. The van der Waals surface area contributed by atoms with Gasteiger partial charge in [0.05, 0.1) is 16.7 Å². The van der Waals surface area contributed by atoms with Gasteiger partial charge < -0.3 is 5.32 Å². The number of imidazole rings is 1. The molecule has 23 heavy (non-hydrogen) atoms. The highest BCUT2D eigenvalue weighted by molar-refractivity contribution is 5.91. The van der Waals surface area contributed by atoms with E-state index in [2.05, 4.69) is 5.32 Å². The van der Waals surface area contributed by atoms with Gasteiger partial charge in [0.25, 0.3) is 0 Å². The predicted octanol–water partition coefficient (Wildman–Crippen LogP) is 2.60. The molecule has 0 radical (unpaired) electrons. The first kappa shape index (κ1) is 15.0. The van der Waals surface area contributed by atoms with Crippen LogP contribution in [0.3, 0.4) is 0 Å². The number of hydrogen-bond donors (Lipinski definition) is 1. The molecule has 1 heterocycles. The Labute approximate surface area is 132 Å². The van der Waals surface area contributed by atoms with Crippen molar-refractivity contribution in [1.82, 2.24) is 9.13 Å². The van der Waals surface area contributed by atoms with Crippen molar-refractivity contribution in [3.8, 4) is 0 Å². The minimum atomic E-state index is -0.510. The average molecular weight is 313 g/mol. The van der Waals surface area contributed by atoms with E-state index in [0.717, 1.165) is 5.52 Å². The number of para-hydroxylation sites is 3. The molecule has 1 aromatic heterocycles. The lowest BCUT2D eigenvalue weighted by molar-refractivity contribution is -0.116. The molecule has 0 atom stereocenters. The van der Waals surface area contributed by atoms with Crippen LogP contribution in [-0.4, -0.2) is 15.0 Å². The van der Waals surface area contributed by atoms with Crippen molar-refractivity contribution in [1.29, 1.82) is 0 Å². The van der Waals surface area contributed by atoms with Gasteiger partial charge in [-0.25, -0.2) is 9.18 Å². The first-order valence-electron chi connectivity index (χ1n) is 7.34. The lowest BCUT2D eigenvalue weighted by Gasteiger charge is -2.07. The average Bonchev–Trinajstić information content (AvgIpc) is 2.81. The molecule has 0 aliphatic carbocycles. The number of halogens is 1. The summed E-state index contributed by atoms with van der Waals surface area (Å²) in [6, 6.07) is 13.2. The minimum absolute atomic E-state index is 0.102. The summed E-state index contributed by atoms with van der Waals surface area (Å²) >= 11 is 0. The topological polar surface area (TPSA) is 56.0 Å². The molecule has 3 rings (SSSR count). The van der Waals surface area contributed by atoms with Gasteiger partial charge in [-0.1, -0.05) is 24.3 Å². The molecular weight excluding hydrogens is 297 g/mol. The molecule has 118 valence electrons. The van der Waals surface area contributed by atoms with Gasteiger partial charge in [0, 0.05) is 6.54 Å². The van der Waals surface area contributed by atoms with Gasteiger partial charge in [-0.15, -0.1) is 0 Å². The Morgan fingerprint density at radius 2 is 1.65 bits per heavy atom. The van der Waals surface area contributed by atoms with Crippen molar-refractivity contribution < 1.29 is 9.18 Å². The van der Waals surface area contributed by atoms with Crippen molar-refractivity contribution in [3.05, 3.63) is 64.8 Å². The van der Waals surface area contributed by atoms with Crippen molar-refractivity contribution in [2.24, 2.45) is 0 Å². The van der Waals surface area contributed by atoms with Crippen LogP contribution in [0.5, 0.6) is 0 Å². The molecule has 0 spiro atoms. The van der Waals surface area contributed by atoms with Gasteiger partial charge in [-0.2, -0.15) is 0 Å². The maximum absolute atomic E-state index is 13.6. The highest BCUT2D eigenvalue weighted by Crippen LogP contribution is 2.14. The van der Waals surface area contributed by atoms with E-state index in [9.17, 15) is 14.0 Å². The number of carbonyl (C=O) groups is 1. The van der Waals surface area contributed by atoms with Crippen LogP contribution in [0.25, 0.3) is 11.0 Å². The van der Waals surface area contributed by atoms with E-state index in [1.54, 1.807) is 22.8 Å². The Morgan fingerprint density at radius 3 is 2.30 bits per heavy atom. The summed E-state index contributed by atoms with van der Waals surface area (Å²) in [7, 11) is 0. The first-order valence-corrected chi connectivity index (χ1v) is 7.34. The van der Waals surface area contributed by atoms with Crippen LogP contribution in [0.1, 0.15) is 6.92 Å². The van der Waals surface area contributed by atoms with E-state index < -0.39 is 11.7 Å². The Balaban J connectivity index is 1.93. The van der Waals surface area contributed by atoms with Gasteiger partial charge in [0.2, 0.25) is 5.91 Å². The molecular formula is C17H16FN3O2. The summed E-state index contributed by atoms with van der Waals surface area (Å²) in [5.74, 6) is -0.958. The van der Waals surface area contributed by atoms with Crippen molar-refractivity contribution in [3.63, 3.8) is 0 Å². The van der Waals surface area contributed by atoms with Gasteiger partial charge >= 0.3 is 5.69 Å². The van der Waals surface area contributed by atoms with Crippen LogP contribution in [0, 0.1) is 5.82 Å². The number of hydrogen-bond acceptors (Lipinski definition) is 2. The Hall–Kier alpha value is -2.89. The highest BCUT2D eigenvalue weighted by Gasteiger charge is 2.15. The fourth-order valence-electron chi connectivity index (χ4n) is 2.63. The second kappa shape index (κ2) is 6.08. The van der Waals surface area contributed by atoms with Gasteiger partial charge in [-0.3, -0.25) is 13.9 Å². The van der Waals surface area contributed by atoms with Crippen molar-refractivity contribution in [2.45, 2.75) is 20.0 Å². The van der Waals surface area contributed by atoms with Crippen molar-refractivity contribution >= 4 is 22.6 Å². The third-order valence-corrected chi connectivity index (χ3v) is 3.69. The molecule has 3 aromatic rings. The maximum atomic E-state index is 13.6. The van der Waals surface area contributed by atoms with Crippen LogP contribution in [0.15, 0.2) is 53.3 Å². The van der Waals surface area contributed by atoms with Crippen LogP contribution in [0.2, 0.25) is 0 Å². The van der Waals surface area contributed by atoms with E-state index >= 15 is 0 Å². The maximum Gasteiger partial charge on any atom is 0.329 e. The number of nitrogens with zero attached hydrogens (tertiary/aromatic N) is 2. The Kier molecular flexibility index (Phi) is 3.97. The second-order valence-electron chi connectivity index (χ2n) is 5.13. The lowest BCUT2D eigenvalue weighted by atomic mass is 10.3. The van der Waals surface area contributed by atoms with Crippen molar-refractivity contribution in [2.75, 3.05) is 5.32 Å². The fraction of sp³-hybridized carbons (Fsp3) is 0.176. The van der Waals surface area contributed by atoms with E-state index in [4.69, 9.17) is 0 Å². The zero-order valence-corrected chi connectivity index (χ0v) is 12.6. The number of rotatable bonds is 4. The SMILES string of the molecule is CCn1c(=O)n(CC(=O)Nc2ccccc2F)c2ccccc21. The molecule has 2 aromatic carbocycles. The molecule has 0 unspecified atom stereocenters. The third kappa shape index (κ3) is 2.75.